The highest BCUT2D eigenvalue weighted by Crippen LogP contribution is 2.15. The number of nitrogens with one attached hydrogen (secondary N) is 1. The molecule has 7 heteroatoms. The van der Waals surface area contributed by atoms with Gasteiger partial charge in [0.25, 0.3) is 5.91 Å². The Labute approximate surface area is 183 Å². The average molecular weight is 423 g/mol. The minimum absolute atomic E-state index is 0.00331. The number of hydrogen-bond donors (Lipinski definition) is 1. The molecule has 31 heavy (non-hydrogen) atoms. The third-order valence-corrected chi connectivity index (χ3v) is 5.52. The summed E-state index contributed by atoms with van der Waals surface area (Å²) >= 11 is 0. The maximum Gasteiger partial charge on any atom is 0.253 e. The summed E-state index contributed by atoms with van der Waals surface area (Å²) in [6, 6.07) is 16.9. The zero-order valence-corrected chi connectivity index (χ0v) is 18.2. The molecule has 0 spiro atoms. The van der Waals surface area contributed by atoms with Crippen LogP contribution in [0.2, 0.25) is 0 Å². The van der Waals surface area contributed by atoms with Gasteiger partial charge in [0.2, 0.25) is 11.8 Å². The zero-order chi connectivity index (χ0) is 22.2. The fourth-order valence-corrected chi connectivity index (χ4v) is 3.63. The van der Waals surface area contributed by atoms with Crippen LogP contribution in [0.1, 0.15) is 22.8 Å². The van der Waals surface area contributed by atoms with Gasteiger partial charge in [-0.1, -0.05) is 43.3 Å². The molecule has 0 saturated carbocycles. The number of likely N-dealkylation sites (N-methyl/N-ethyl adjacent to an activating group) is 1. The largest absolute Gasteiger partial charge is 0.336 e. The Morgan fingerprint density at radius 3 is 2.26 bits per heavy atom. The van der Waals surface area contributed by atoms with Crippen molar-refractivity contribution in [3.05, 3.63) is 65.7 Å². The molecule has 2 aromatic rings. The summed E-state index contributed by atoms with van der Waals surface area (Å²) in [6.45, 7) is 4.71. The van der Waals surface area contributed by atoms with E-state index in [2.05, 4.69) is 5.32 Å². The van der Waals surface area contributed by atoms with Crippen LogP contribution < -0.4 is 5.32 Å². The Morgan fingerprint density at radius 2 is 1.58 bits per heavy atom. The second kappa shape index (κ2) is 10.7. The lowest BCUT2D eigenvalue weighted by Gasteiger charge is -2.35. The lowest BCUT2D eigenvalue weighted by Crippen LogP contribution is -2.51. The van der Waals surface area contributed by atoms with E-state index in [1.165, 1.54) is 4.90 Å². The Hall–Kier alpha value is -3.19. The van der Waals surface area contributed by atoms with Crippen LogP contribution in [0.25, 0.3) is 0 Å². The Bertz CT molecular complexity index is 908. The van der Waals surface area contributed by atoms with Crippen LogP contribution in [0.5, 0.6) is 0 Å². The van der Waals surface area contributed by atoms with Crippen LogP contribution in [0.4, 0.5) is 5.69 Å². The lowest BCUT2D eigenvalue weighted by atomic mass is 10.1. The molecule has 164 valence electrons. The molecule has 0 radical (unpaired) electrons. The van der Waals surface area contributed by atoms with Gasteiger partial charge in [0.15, 0.2) is 0 Å². The second-order valence-electron chi connectivity index (χ2n) is 7.74. The molecule has 1 saturated heterocycles. The predicted octanol–water partition coefficient (Wildman–Crippen LogP) is 2.10. The SMILES string of the molecule is CCc1ccccc1NC(=O)CN(C)C(=O)CN1CCN(C(=O)c2ccccc2)CC1. The van der Waals surface area contributed by atoms with E-state index in [-0.39, 0.29) is 30.8 Å². The van der Waals surface area contributed by atoms with E-state index in [4.69, 9.17) is 0 Å². The Morgan fingerprint density at radius 1 is 0.935 bits per heavy atom. The summed E-state index contributed by atoms with van der Waals surface area (Å²) in [5.74, 6) is -0.301. The van der Waals surface area contributed by atoms with Crippen LogP contribution in [0.15, 0.2) is 54.6 Å². The highest BCUT2D eigenvalue weighted by atomic mass is 16.2. The number of amides is 3. The highest BCUT2D eigenvalue weighted by Gasteiger charge is 2.24. The molecule has 1 fully saturated rings. The van der Waals surface area contributed by atoms with Crippen LogP contribution in [0, 0.1) is 0 Å². The summed E-state index contributed by atoms with van der Waals surface area (Å²) in [5, 5.41) is 2.89. The number of para-hydroxylation sites is 1. The molecule has 0 bridgehead atoms. The van der Waals surface area contributed by atoms with Gasteiger partial charge in [0.05, 0.1) is 13.1 Å². The number of aryl methyl sites for hydroxylation is 1. The zero-order valence-electron chi connectivity index (χ0n) is 18.2. The molecule has 0 aliphatic carbocycles. The fourth-order valence-electron chi connectivity index (χ4n) is 3.63. The summed E-state index contributed by atoms with van der Waals surface area (Å²) in [7, 11) is 1.64. The van der Waals surface area contributed by atoms with Crippen molar-refractivity contribution in [3.8, 4) is 0 Å². The number of nitrogens with zero attached hydrogens (tertiary/aromatic N) is 3. The van der Waals surface area contributed by atoms with Crippen LogP contribution in [-0.4, -0.2) is 78.7 Å². The number of carbonyl (C=O) groups excluding carboxylic acids is 3. The number of carbonyl (C=O) groups is 3. The van der Waals surface area contributed by atoms with Gasteiger partial charge in [0.1, 0.15) is 0 Å². The van der Waals surface area contributed by atoms with E-state index >= 15 is 0 Å². The van der Waals surface area contributed by atoms with Crippen LogP contribution in [0.3, 0.4) is 0 Å². The van der Waals surface area contributed by atoms with Gasteiger partial charge in [-0.15, -0.1) is 0 Å². The number of rotatable bonds is 7. The average Bonchev–Trinajstić information content (AvgIpc) is 2.80. The standard InChI is InChI=1S/C24H30N4O3/c1-3-19-9-7-8-12-21(19)25-22(29)17-26(2)23(30)18-27-13-15-28(16-14-27)24(31)20-10-5-4-6-11-20/h4-12H,3,13-18H2,1-2H3,(H,25,29). The van der Waals surface area contributed by atoms with Crippen molar-refractivity contribution in [3.63, 3.8) is 0 Å². The summed E-state index contributed by atoms with van der Waals surface area (Å²) in [6.07, 6.45) is 0.823. The van der Waals surface area contributed by atoms with Gasteiger partial charge in [-0.25, -0.2) is 0 Å². The fraction of sp³-hybridized carbons (Fsp3) is 0.375. The van der Waals surface area contributed by atoms with Crippen molar-refractivity contribution in [1.29, 1.82) is 0 Å². The van der Waals surface area contributed by atoms with Crippen molar-refractivity contribution >= 4 is 23.4 Å². The third-order valence-electron chi connectivity index (χ3n) is 5.52. The molecule has 2 aromatic carbocycles. The minimum Gasteiger partial charge on any atom is -0.336 e. The third kappa shape index (κ3) is 6.15. The molecule has 7 nitrogen and oxygen atoms in total. The number of anilines is 1. The molecule has 3 amide bonds. The van der Waals surface area contributed by atoms with Crippen molar-refractivity contribution in [2.45, 2.75) is 13.3 Å². The lowest BCUT2D eigenvalue weighted by molar-refractivity contribution is -0.134. The Kier molecular flexibility index (Phi) is 7.78. The van der Waals surface area contributed by atoms with Crippen molar-refractivity contribution in [2.24, 2.45) is 0 Å². The number of piperazine rings is 1. The van der Waals surface area contributed by atoms with Crippen molar-refractivity contribution in [1.82, 2.24) is 14.7 Å². The second-order valence-corrected chi connectivity index (χ2v) is 7.74. The summed E-state index contributed by atoms with van der Waals surface area (Å²) in [5.41, 5.74) is 2.53. The maximum absolute atomic E-state index is 12.6. The molecule has 1 heterocycles. The van der Waals surface area contributed by atoms with Gasteiger partial charge in [-0.2, -0.15) is 0 Å². The summed E-state index contributed by atoms with van der Waals surface area (Å²) in [4.78, 5) is 42.8. The highest BCUT2D eigenvalue weighted by molar-refractivity contribution is 5.95. The van der Waals surface area contributed by atoms with Crippen molar-refractivity contribution in [2.75, 3.05) is 51.6 Å². The summed E-state index contributed by atoms with van der Waals surface area (Å²) < 4.78 is 0. The van der Waals surface area contributed by atoms with E-state index < -0.39 is 0 Å². The molecule has 1 N–H and O–H groups in total. The smallest absolute Gasteiger partial charge is 0.253 e. The van der Waals surface area contributed by atoms with Gasteiger partial charge >= 0.3 is 0 Å². The first kappa shape index (κ1) is 22.5. The van der Waals surface area contributed by atoms with Gasteiger partial charge < -0.3 is 15.1 Å². The van der Waals surface area contributed by atoms with Crippen molar-refractivity contribution < 1.29 is 14.4 Å². The monoisotopic (exact) mass is 422 g/mol. The van der Waals surface area contributed by atoms with E-state index in [0.29, 0.717) is 31.7 Å². The van der Waals surface area contributed by atoms with Crippen LogP contribution >= 0.6 is 0 Å². The molecular weight excluding hydrogens is 392 g/mol. The topological polar surface area (TPSA) is 73.0 Å². The van der Waals surface area contributed by atoms with Gasteiger partial charge in [0, 0.05) is 44.5 Å². The van der Waals surface area contributed by atoms with Gasteiger partial charge in [-0.3, -0.25) is 19.3 Å². The molecule has 3 rings (SSSR count). The predicted molar refractivity (Wildman–Crippen MR) is 121 cm³/mol. The first-order valence-corrected chi connectivity index (χ1v) is 10.7. The number of hydrogen-bond acceptors (Lipinski definition) is 4. The molecule has 1 aliphatic heterocycles. The van der Waals surface area contributed by atoms with E-state index in [0.717, 1.165) is 17.7 Å². The molecular formula is C24H30N4O3. The Balaban J connectivity index is 1.44. The molecule has 1 aliphatic rings. The first-order chi connectivity index (χ1) is 15.0. The normalized spacial score (nSPS) is 14.2. The molecule has 0 unspecified atom stereocenters. The van der Waals surface area contributed by atoms with E-state index in [9.17, 15) is 14.4 Å². The maximum atomic E-state index is 12.6. The van der Waals surface area contributed by atoms with E-state index in [1.807, 2.05) is 71.3 Å². The molecule has 0 aromatic heterocycles. The van der Waals surface area contributed by atoms with Crippen LogP contribution in [-0.2, 0) is 16.0 Å². The first-order valence-electron chi connectivity index (χ1n) is 10.7. The van der Waals surface area contributed by atoms with Gasteiger partial charge in [-0.05, 0) is 30.2 Å². The quantitative estimate of drug-likeness (QED) is 0.742. The minimum atomic E-state index is -0.213. The van der Waals surface area contributed by atoms with E-state index in [1.54, 1.807) is 7.05 Å². The molecule has 0 atom stereocenters. The number of benzene rings is 2.